The van der Waals surface area contributed by atoms with Gasteiger partial charge < -0.3 is 4.74 Å². The van der Waals surface area contributed by atoms with Gasteiger partial charge >= 0.3 is 5.97 Å². The van der Waals surface area contributed by atoms with Crippen LogP contribution >= 0.6 is 0 Å². The van der Waals surface area contributed by atoms with Crippen molar-refractivity contribution in [1.29, 1.82) is 0 Å². The number of carbonyl (C=O) groups excluding carboxylic acids is 1. The third kappa shape index (κ3) is 2.96. The van der Waals surface area contributed by atoms with Crippen LogP contribution in [0.5, 0.6) is 0 Å². The zero-order valence-electron chi connectivity index (χ0n) is 11.6. The third-order valence-corrected chi connectivity index (χ3v) is 4.26. The summed E-state index contributed by atoms with van der Waals surface area (Å²) in [5, 5.41) is 0. The largest absolute Gasteiger partial charge is 0.465 e. The summed E-state index contributed by atoms with van der Waals surface area (Å²) in [6.45, 7) is 2.20. The predicted molar refractivity (Wildman–Crippen MR) is 72.7 cm³/mol. The second-order valence-corrected chi connectivity index (χ2v) is 5.29. The molecular weight excluding hydrogens is 243 g/mol. The van der Waals surface area contributed by atoms with Gasteiger partial charge in [0.2, 0.25) is 0 Å². The molecule has 0 spiro atoms. The first kappa shape index (κ1) is 14.0. The Morgan fingerprint density at radius 3 is 2.79 bits per heavy atom. The molecule has 104 valence electrons. The Kier molecular flexibility index (Phi) is 4.56. The Bertz CT molecular complexity index is 456. The minimum atomic E-state index is -0.594. The van der Waals surface area contributed by atoms with Crippen molar-refractivity contribution in [3.8, 4) is 0 Å². The number of hydrogen-bond acceptors (Lipinski definition) is 2. The van der Waals surface area contributed by atoms with Crippen molar-refractivity contribution in [3.63, 3.8) is 0 Å². The smallest absolute Gasteiger partial charge is 0.340 e. The fourth-order valence-electron chi connectivity index (χ4n) is 3.18. The van der Waals surface area contributed by atoms with Gasteiger partial charge in [-0.25, -0.2) is 9.18 Å². The predicted octanol–water partition coefficient (Wildman–Crippen LogP) is 4.30. The van der Waals surface area contributed by atoms with Gasteiger partial charge in [-0.15, -0.1) is 0 Å². The molecule has 1 aliphatic rings. The van der Waals surface area contributed by atoms with Crippen molar-refractivity contribution >= 4 is 5.97 Å². The van der Waals surface area contributed by atoms with Gasteiger partial charge in [-0.2, -0.15) is 0 Å². The average Bonchev–Trinajstić information content (AvgIpc) is 2.47. The van der Waals surface area contributed by atoms with Crippen LogP contribution in [0.15, 0.2) is 18.2 Å². The molecule has 0 unspecified atom stereocenters. The third-order valence-electron chi connectivity index (χ3n) is 4.26. The first-order valence-electron chi connectivity index (χ1n) is 7.05. The highest BCUT2D eigenvalue weighted by atomic mass is 19.1. The highest BCUT2D eigenvalue weighted by molar-refractivity contribution is 5.89. The molecule has 3 heteroatoms. The van der Waals surface area contributed by atoms with Gasteiger partial charge in [-0.05, 0) is 42.4 Å². The van der Waals surface area contributed by atoms with E-state index in [1.54, 1.807) is 6.07 Å². The molecule has 0 bridgehead atoms. The topological polar surface area (TPSA) is 26.3 Å². The van der Waals surface area contributed by atoms with E-state index in [1.807, 2.05) is 6.07 Å². The molecule has 0 N–H and O–H groups in total. The number of benzene rings is 1. The molecule has 1 aromatic rings. The van der Waals surface area contributed by atoms with E-state index in [1.165, 1.54) is 32.4 Å². The van der Waals surface area contributed by atoms with Gasteiger partial charge in [0.15, 0.2) is 0 Å². The molecule has 0 aliphatic heterocycles. The molecule has 1 fully saturated rings. The van der Waals surface area contributed by atoms with Crippen LogP contribution in [0.1, 0.15) is 60.9 Å². The van der Waals surface area contributed by atoms with Gasteiger partial charge in [0.1, 0.15) is 5.82 Å². The first-order valence-corrected chi connectivity index (χ1v) is 7.05. The Hall–Kier alpha value is -1.38. The summed E-state index contributed by atoms with van der Waals surface area (Å²) in [6, 6.07) is 4.89. The van der Waals surface area contributed by atoms with Crippen molar-refractivity contribution in [3.05, 3.63) is 35.1 Å². The summed E-state index contributed by atoms with van der Waals surface area (Å²) in [6.07, 6.45) is 5.98. The summed E-state index contributed by atoms with van der Waals surface area (Å²) in [7, 11) is 1.28. The van der Waals surface area contributed by atoms with Crippen LogP contribution in [0.2, 0.25) is 0 Å². The minimum absolute atomic E-state index is 0.0560. The molecule has 1 aromatic carbocycles. The highest BCUT2D eigenvalue weighted by Crippen LogP contribution is 2.39. The molecule has 2 nitrogen and oxygen atoms in total. The molecule has 2 rings (SSSR count). The van der Waals surface area contributed by atoms with Crippen LogP contribution in [-0.4, -0.2) is 13.1 Å². The zero-order chi connectivity index (χ0) is 13.8. The normalized spacial score (nSPS) is 23.1. The van der Waals surface area contributed by atoms with E-state index in [4.69, 9.17) is 0 Å². The van der Waals surface area contributed by atoms with Crippen LogP contribution in [0.3, 0.4) is 0 Å². The van der Waals surface area contributed by atoms with Gasteiger partial charge in [0, 0.05) is 0 Å². The van der Waals surface area contributed by atoms with Gasteiger partial charge in [0.05, 0.1) is 12.7 Å². The Labute approximate surface area is 114 Å². The summed E-state index contributed by atoms with van der Waals surface area (Å²) in [5.41, 5.74) is 1.13. The van der Waals surface area contributed by atoms with E-state index in [9.17, 15) is 9.18 Å². The maximum Gasteiger partial charge on any atom is 0.340 e. The number of ether oxygens (including phenoxy) is 1. The lowest BCUT2D eigenvalue weighted by Crippen LogP contribution is -2.18. The van der Waals surface area contributed by atoms with Crippen LogP contribution in [0.25, 0.3) is 0 Å². The zero-order valence-corrected chi connectivity index (χ0v) is 11.6. The summed E-state index contributed by atoms with van der Waals surface area (Å²) in [5.74, 6) is -0.00451. The van der Waals surface area contributed by atoms with Crippen LogP contribution in [0, 0.1) is 11.7 Å². The second kappa shape index (κ2) is 6.18. The van der Waals surface area contributed by atoms with E-state index >= 15 is 0 Å². The van der Waals surface area contributed by atoms with E-state index in [0.29, 0.717) is 11.8 Å². The Balaban J connectivity index is 2.31. The summed E-state index contributed by atoms with van der Waals surface area (Å²) < 4.78 is 18.3. The first-order chi connectivity index (χ1) is 9.17. The van der Waals surface area contributed by atoms with Crippen molar-refractivity contribution in [2.45, 2.75) is 44.9 Å². The molecule has 19 heavy (non-hydrogen) atoms. The lowest BCUT2D eigenvalue weighted by atomic mass is 9.74. The molecule has 0 heterocycles. The van der Waals surface area contributed by atoms with Crippen molar-refractivity contribution < 1.29 is 13.9 Å². The molecule has 0 saturated heterocycles. The highest BCUT2D eigenvalue weighted by Gasteiger charge is 2.26. The monoisotopic (exact) mass is 264 g/mol. The maximum atomic E-state index is 13.7. The lowest BCUT2D eigenvalue weighted by Gasteiger charge is -2.31. The number of rotatable bonds is 3. The summed E-state index contributed by atoms with van der Waals surface area (Å²) >= 11 is 0. The van der Waals surface area contributed by atoms with Gasteiger partial charge in [0.25, 0.3) is 0 Å². The molecule has 0 aromatic heterocycles. The maximum absolute atomic E-state index is 13.7. The molecule has 0 radical (unpaired) electrons. The fraction of sp³-hybridized carbons (Fsp3) is 0.562. The molecule has 1 saturated carbocycles. The lowest BCUT2D eigenvalue weighted by molar-refractivity contribution is 0.0595. The number of hydrogen-bond donors (Lipinski definition) is 0. The molecule has 1 aliphatic carbocycles. The van der Waals surface area contributed by atoms with Crippen LogP contribution in [0.4, 0.5) is 4.39 Å². The average molecular weight is 264 g/mol. The molecule has 0 amide bonds. The number of esters is 1. The number of methoxy groups -OCH3 is 1. The van der Waals surface area contributed by atoms with Gasteiger partial charge in [-0.3, -0.25) is 0 Å². The minimum Gasteiger partial charge on any atom is -0.465 e. The Morgan fingerprint density at radius 1 is 1.37 bits per heavy atom. The second-order valence-electron chi connectivity index (χ2n) is 5.29. The van der Waals surface area contributed by atoms with E-state index in [0.717, 1.165) is 18.4 Å². The van der Waals surface area contributed by atoms with Crippen molar-refractivity contribution in [2.24, 2.45) is 5.92 Å². The summed E-state index contributed by atoms with van der Waals surface area (Å²) in [4.78, 5) is 11.6. The SMILES string of the molecule is CC[C@@H]1CCCC[C@H]1c1ccc(F)c(C(=O)OC)c1. The molecule has 2 atom stereocenters. The van der Waals surface area contributed by atoms with Crippen molar-refractivity contribution in [2.75, 3.05) is 7.11 Å². The number of carbonyl (C=O) groups is 1. The molecular formula is C16H21FO2. The fourth-order valence-corrected chi connectivity index (χ4v) is 3.18. The van der Waals surface area contributed by atoms with Crippen LogP contribution in [-0.2, 0) is 4.74 Å². The van der Waals surface area contributed by atoms with Crippen LogP contribution < -0.4 is 0 Å². The van der Waals surface area contributed by atoms with Crippen molar-refractivity contribution in [1.82, 2.24) is 0 Å². The quantitative estimate of drug-likeness (QED) is 0.761. The van der Waals surface area contributed by atoms with Gasteiger partial charge in [-0.1, -0.05) is 32.3 Å². The van der Waals surface area contributed by atoms with E-state index in [-0.39, 0.29) is 5.56 Å². The number of halogens is 1. The Morgan fingerprint density at radius 2 is 2.11 bits per heavy atom. The van der Waals surface area contributed by atoms with E-state index in [2.05, 4.69) is 11.7 Å². The standard InChI is InChI=1S/C16H21FO2/c1-3-11-6-4-5-7-13(11)12-8-9-15(17)14(10-12)16(18)19-2/h8-11,13H,3-7H2,1-2H3/t11-,13-/m1/s1. The van der Waals surface area contributed by atoms with E-state index < -0.39 is 11.8 Å².